The fraction of sp³-hybridized carbons (Fsp3) is 0. The van der Waals surface area contributed by atoms with Gasteiger partial charge in [-0.25, -0.2) is 4.98 Å². The monoisotopic (exact) mass is 547 g/mol. The topological polar surface area (TPSA) is 26.0 Å². The van der Waals surface area contributed by atoms with Crippen LogP contribution in [0.4, 0.5) is 0 Å². The number of fused-ring (bicyclic) bond motifs is 8. The van der Waals surface area contributed by atoms with Crippen LogP contribution in [0.5, 0.6) is 0 Å². The number of furan rings is 1. The van der Waals surface area contributed by atoms with Crippen LogP contribution in [0.1, 0.15) is 0 Å². The minimum Gasteiger partial charge on any atom is -0.455 e. The Morgan fingerprint density at radius 3 is 2.00 bits per heavy atom. The molecule has 43 heavy (non-hydrogen) atoms. The summed E-state index contributed by atoms with van der Waals surface area (Å²) in [5.74, 6) is 0. The molecule has 0 N–H and O–H groups in total. The summed E-state index contributed by atoms with van der Waals surface area (Å²) in [6.45, 7) is 0. The number of hydrogen-bond acceptors (Lipinski definition) is 2. The summed E-state index contributed by atoms with van der Waals surface area (Å²) in [5, 5.41) is 8.12. The maximum Gasteiger partial charge on any atom is 0.143 e. The first-order valence-electron chi connectivity index (χ1n) is 14.6. The molecule has 0 atom stereocenters. The Hall–Kier alpha value is -5.73. The fourth-order valence-corrected chi connectivity index (χ4v) is 6.51. The molecule has 0 radical (unpaired) electrons. The minimum absolute atomic E-state index is 0.897. The lowest BCUT2D eigenvalue weighted by atomic mass is 9.94. The van der Waals surface area contributed by atoms with Gasteiger partial charge in [0.15, 0.2) is 0 Å². The molecular formula is C41H25NO. The van der Waals surface area contributed by atoms with E-state index in [-0.39, 0.29) is 0 Å². The largest absolute Gasteiger partial charge is 0.455 e. The second-order valence-electron chi connectivity index (χ2n) is 11.2. The smallest absolute Gasteiger partial charge is 0.143 e. The lowest BCUT2D eigenvalue weighted by Gasteiger charge is -2.09. The minimum atomic E-state index is 0.897. The standard InChI is InChI=1S/C41H25NO/c1-2-9-26(10-3-1)35-25-37-36-24-30(20-22-39(36)43-41(37)34-16-7-6-15-33(34)35)29-12-8-13-31(23-29)38-21-19-28-18-17-27-11-4-5-14-32(27)40(28)42-38/h1-25H. The van der Waals surface area contributed by atoms with Crippen LogP contribution in [0.2, 0.25) is 0 Å². The molecule has 9 rings (SSSR count). The van der Waals surface area contributed by atoms with E-state index in [1.807, 2.05) is 0 Å². The average molecular weight is 548 g/mol. The van der Waals surface area contributed by atoms with Crippen LogP contribution in [-0.4, -0.2) is 4.98 Å². The molecule has 7 aromatic carbocycles. The zero-order valence-corrected chi connectivity index (χ0v) is 23.3. The average Bonchev–Trinajstić information content (AvgIpc) is 3.46. The zero-order chi connectivity index (χ0) is 28.3. The third-order valence-corrected chi connectivity index (χ3v) is 8.64. The highest BCUT2D eigenvalue weighted by Gasteiger charge is 2.16. The van der Waals surface area contributed by atoms with Gasteiger partial charge in [0.2, 0.25) is 0 Å². The predicted octanol–water partition coefficient (Wildman–Crippen LogP) is 11.4. The van der Waals surface area contributed by atoms with Gasteiger partial charge in [-0.1, -0.05) is 121 Å². The number of benzene rings is 7. The molecule has 0 spiro atoms. The summed E-state index contributed by atoms with van der Waals surface area (Å²) >= 11 is 0. The first-order valence-corrected chi connectivity index (χ1v) is 14.6. The SMILES string of the molecule is c1ccc(-c2cc3c4cc(-c5cccc(-c6ccc7ccc8ccccc8c7n6)c5)ccc4oc3c3ccccc23)cc1. The van der Waals surface area contributed by atoms with Gasteiger partial charge in [0, 0.05) is 32.5 Å². The van der Waals surface area contributed by atoms with Gasteiger partial charge in [0.1, 0.15) is 11.2 Å². The Kier molecular flexibility index (Phi) is 5.23. The highest BCUT2D eigenvalue weighted by molar-refractivity contribution is 6.19. The van der Waals surface area contributed by atoms with Crippen molar-refractivity contribution in [2.45, 2.75) is 0 Å². The molecule has 0 saturated carbocycles. The van der Waals surface area contributed by atoms with Gasteiger partial charge in [-0.2, -0.15) is 0 Å². The molecule has 2 nitrogen and oxygen atoms in total. The Morgan fingerprint density at radius 1 is 0.395 bits per heavy atom. The number of pyridine rings is 1. The Bertz CT molecular complexity index is 2510. The van der Waals surface area contributed by atoms with Gasteiger partial charge in [-0.15, -0.1) is 0 Å². The molecule has 0 aliphatic rings. The van der Waals surface area contributed by atoms with Gasteiger partial charge >= 0.3 is 0 Å². The molecule has 2 aromatic heterocycles. The van der Waals surface area contributed by atoms with E-state index in [4.69, 9.17) is 9.40 Å². The van der Waals surface area contributed by atoms with Gasteiger partial charge in [0.05, 0.1) is 11.2 Å². The number of nitrogens with zero attached hydrogens (tertiary/aromatic N) is 1. The van der Waals surface area contributed by atoms with Crippen molar-refractivity contribution in [1.82, 2.24) is 4.98 Å². The first kappa shape index (κ1) is 23.9. The van der Waals surface area contributed by atoms with Gasteiger partial charge in [-0.05, 0) is 63.4 Å². The second kappa shape index (κ2) is 9.40. The highest BCUT2D eigenvalue weighted by atomic mass is 16.3. The molecule has 200 valence electrons. The van der Waals surface area contributed by atoms with E-state index in [0.29, 0.717) is 0 Å². The maximum absolute atomic E-state index is 6.51. The Morgan fingerprint density at radius 2 is 1.09 bits per heavy atom. The highest BCUT2D eigenvalue weighted by Crippen LogP contribution is 2.41. The third-order valence-electron chi connectivity index (χ3n) is 8.64. The van der Waals surface area contributed by atoms with Crippen molar-refractivity contribution >= 4 is 54.4 Å². The van der Waals surface area contributed by atoms with E-state index in [9.17, 15) is 0 Å². The zero-order valence-electron chi connectivity index (χ0n) is 23.3. The molecule has 0 aliphatic carbocycles. The lowest BCUT2D eigenvalue weighted by Crippen LogP contribution is -1.88. The molecule has 0 amide bonds. The summed E-state index contributed by atoms with van der Waals surface area (Å²) in [6, 6.07) is 53.7. The van der Waals surface area contributed by atoms with Crippen molar-refractivity contribution in [2.24, 2.45) is 0 Å². The molecule has 0 bridgehead atoms. The molecule has 0 saturated heterocycles. The molecule has 2 heteroatoms. The van der Waals surface area contributed by atoms with E-state index in [1.54, 1.807) is 0 Å². The van der Waals surface area contributed by atoms with Crippen molar-refractivity contribution in [3.63, 3.8) is 0 Å². The van der Waals surface area contributed by atoms with E-state index >= 15 is 0 Å². The molecule has 2 heterocycles. The Labute approximate surface area is 248 Å². The summed E-state index contributed by atoms with van der Waals surface area (Å²) in [6.07, 6.45) is 0. The fourth-order valence-electron chi connectivity index (χ4n) is 6.51. The predicted molar refractivity (Wildman–Crippen MR) is 180 cm³/mol. The molecule has 0 fully saturated rings. The molecule has 0 aliphatic heterocycles. The Balaban J connectivity index is 1.20. The van der Waals surface area contributed by atoms with Crippen LogP contribution in [-0.2, 0) is 0 Å². The van der Waals surface area contributed by atoms with Crippen LogP contribution in [0.3, 0.4) is 0 Å². The van der Waals surface area contributed by atoms with Crippen molar-refractivity contribution in [1.29, 1.82) is 0 Å². The molecular weight excluding hydrogens is 522 g/mol. The van der Waals surface area contributed by atoms with E-state index in [2.05, 4.69) is 152 Å². The van der Waals surface area contributed by atoms with Crippen molar-refractivity contribution in [3.8, 4) is 33.5 Å². The van der Waals surface area contributed by atoms with Crippen molar-refractivity contribution in [2.75, 3.05) is 0 Å². The van der Waals surface area contributed by atoms with Crippen LogP contribution in [0, 0.1) is 0 Å². The van der Waals surface area contributed by atoms with E-state index in [0.717, 1.165) is 60.6 Å². The summed E-state index contributed by atoms with van der Waals surface area (Å²) < 4.78 is 6.51. The van der Waals surface area contributed by atoms with Gasteiger partial charge < -0.3 is 4.42 Å². The quantitative estimate of drug-likeness (QED) is 0.206. The van der Waals surface area contributed by atoms with Gasteiger partial charge in [0.25, 0.3) is 0 Å². The molecule has 0 unspecified atom stereocenters. The van der Waals surface area contributed by atoms with Crippen LogP contribution in [0.25, 0.3) is 87.9 Å². The second-order valence-corrected chi connectivity index (χ2v) is 11.2. The van der Waals surface area contributed by atoms with Crippen LogP contribution < -0.4 is 0 Å². The van der Waals surface area contributed by atoms with Crippen LogP contribution >= 0.6 is 0 Å². The first-order chi connectivity index (χ1) is 21.3. The lowest BCUT2D eigenvalue weighted by molar-refractivity contribution is 0.673. The summed E-state index contributed by atoms with van der Waals surface area (Å²) in [5.41, 5.74) is 9.66. The summed E-state index contributed by atoms with van der Waals surface area (Å²) in [4.78, 5) is 5.14. The van der Waals surface area contributed by atoms with Crippen molar-refractivity contribution < 1.29 is 4.42 Å². The summed E-state index contributed by atoms with van der Waals surface area (Å²) in [7, 11) is 0. The number of rotatable bonds is 3. The number of aromatic nitrogens is 1. The van der Waals surface area contributed by atoms with E-state index in [1.165, 1.54) is 27.3 Å². The van der Waals surface area contributed by atoms with Gasteiger partial charge in [-0.3, -0.25) is 0 Å². The van der Waals surface area contributed by atoms with Crippen LogP contribution in [0.15, 0.2) is 156 Å². The van der Waals surface area contributed by atoms with Crippen molar-refractivity contribution in [3.05, 3.63) is 152 Å². The molecule has 9 aromatic rings. The normalized spacial score (nSPS) is 11.7. The number of hydrogen-bond donors (Lipinski definition) is 0. The van der Waals surface area contributed by atoms with E-state index < -0.39 is 0 Å². The maximum atomic E-state index is 6.51. The third kappa shape index (κ3) is 3.84.